The first-order chi connectivity index (χ1) is 7.26. The van der Waals surface area contributed by atoms with Gasteiger partial charge in [-0.1, -0.05) is 0 Å². The van der Waals surface area contributed by atoms with Crippen LogP contribution in [-0.2, 0) is 13.8 Å². The van der Waals surface area contributed by atoms with Crippen LogP contribution in [0.15, 0.2) is 0 Å². The van der Waals surface area contributed by atoms with Gasteiger partial charge in [-0.25, -0.2) is 4.57 Å². The fourth-order valence-corrected chi connectivity index (χ4v) is 1.73. The first-order valence-electron chi connectivity index (χ1n) is 4.30. The van der Waals surface area contributed by atoms with Crippen LogP contribution in [0.5, 0.6) is 0 Å². The Hall–Kier alpha value is -0.0900. The molecule has 6 N–H and O–H groups in total. The number of phosphoric acid groups is 1. The minimum Gasteiger partial charge on any atom is -0.394 e. The third-order valence-corrected chi connectivity index (χ3v) is 2.57. The van der Waals surface area contributed by atoms with E-state index >= 15 is 0 Å². The summed E-state index contributed by atoms with van der Waals surface area (Å²) in [5.41, 5.74) is 0. The third kappa shape index (κ3) is 3.20. The normalized spacial score (nSPS) is 41.0. The molecule has 0 unspecified atom stereocenters. The molecule has 5 atom stereocenters. The summed E-state index contributed by atoms with van der Waals surface area (Å²) in [4.78, 5) is 17.0. The summed E-state index contributed by atoms with van der Waals surface area (Å²) in [7, 11) is -4.91. The van der Waals surface area contributed by atoms with E-state index in [1.807, 2.05) is 0 Å². The van der Waals surface area contributed by atoms with Crippen molar-refractivity contribution in [2.45, 2.75) is 30.7 Å². The summed E-state index contributed by atoms with van der Waals surface area (Å²) in [5, 5.41) is 36.6. The first-order valence-corrected chi connectivity index (χ1v) is 5.83. The Bertz CT molecular complexity index is 275. The van der Waals surface area contributed by atoms with Crippen LogP contribution in [-0.4, -0.2) is 67.5 Å². The Balaban J connectivity index is 2.75. The van der Waals surface area contributed by atoms with E-state index in [1.165, 1.54) is 0 Å². The quantitative estimate of drug-likeness (QED) is 0.289. The van der Waals surface area contributed by atoms with E-state index in [2.05, 4.69) is 9.26 Å². The molecule has 0 aliphatic carbocycles. The first kappa shape index (κ1) is 14.0. The number of hydrogen-bond donors (Lipinski definition) is 6. The van der Waals surface area contributed by atoms with Gasteiger partial charge in [0.1, 0.15) is 24.4 Å². The van der Waals surface area contributed by atoms with Crippen molar-refractivity contribution in [1.82, 2.24) is 0 Å². The molecular formula is C6H13O9P. The maximum atomic E-state index is 10.5. The lowest BCUT2D eigenvalue weighted by atomic mass is 10.00. The van der Waals surface area contributed by atoms with Crippen LogP contribution in [0, 0.1) is 0 Å². The van der Waals surface area contributed by atoms with Gasteiger partial charge >= 0.3 is 7.82 Å². The van der Waals surface area contributed by atoms with E-state index in [4.69, 9.17) is 14.9 Å². The number of aliphatic hydroxyl groups is 4. The average Bonchev–Trinajstić information content (AvgIpc) is 2.17. The van der Waals surface area contributed by atoms with Gasteiger partial charge in [0, 0.05) is 0 Å². The fraction of sp³-hybridized carbons (Fsp3) is 1.00. The standard InChI is InChI=1S/C6H13O9P/c7-1-2-3(8)4(9)5(10)6(14-2)15-16(11,12)13/h2-10H,1H2,(H2,11,12,13)/t2-,3-,4-,5+,6+/m1/s1. The van der Waals surface area contributed by atoms with Crippen LogP contribution < -0.4 is 0 Å². The number of aliphatic hydroxyl groups excluding tert-OH is 4. The Morgan fingerprint density at radius 3 is 2.12 bits per heavy atom. The van der Waals surface area contributed by atoms with E-state index < -0.39 is 45.1 Å². The van der Waals surface area contributed by atoms with E-state index in [9.17, 15) is 19.9 Å². The van der Waals surface area contributed by atoms with E-state index in [1.54, 1.807) is 0 Å². The Morgan fingerprint density at radius 2 is 1.69 bits per heavy atom. The Labute approximate surface area is 90.1 Å². The van der Waals surface area contributed by atoms with Gasteiger partial charge < -0.3 is 34.9 Å². The molecule has 1 aliphatic rings. The molecule has 0 spiro atoms. The van der Waals surface area contributed by atoms with Gasteiger partial charge in [0.05, 0.1) is 6.61 Å². The van der Waals surface area contributed by atoms with Crippen LogP contribution >= 0.6 is 7.82 Å². The van der Waals surface area contributed by atoms with Crippen LogP contribution in [0.2, 0.25) is 0 Å². The Kier molecular flexibility index (Phi) is 4.41. The molecule has 0 amide bonds. The van der Waals surface area contributed by atoms with Gasteiger partial charge in [0.2, 0.25) is 0 Å². The molecule has 16 heavy (non-hydrogen) atoms. The fourth-order valence-electron chi connectivity index (χ4n) is 1.29. The summed E-state index contributed by atoms with van der Waals surface area (Å²) >= 11 is 0. The molecule has 1 rings (SSSR count). The summed E-state index contributed by atoms with van der Waals surface area (Å²) in [5.74, 6) is 0. The third-order valence-electron chi connectivity index (χ3n) is 2.09. The lowest BCUT2D eigenvalue weighted by Crippen LogP contribution is -2.58. The number of rotatable bonds is 3. The molecular weight excluding hydrogens is 247 g/mol. The maximum Gasteiger partial charge on any atom is 0.472 e. The molecule has 96 valence electrons. The van der Waals surface area contributed by atoms with Gasteiger partial charge in [-0.3, -0.25) is 4.52 Å². The molecule has 0 aromatic heterocycles. The molecule has 1 fully saturated rings. The summed E-state index contributed by atoms with van der Waals surface area (Å²) < 4.78 is 19.2. The number of ether oxygens (including phenoxy) is 1. The second-order valence-corrected chi connectivity index (χ2v) is 4.49. The minimum atomic E-state index is -4.91. The van der Waals surface area contributed by atoms with Gasteiger partial charge in [-0.15, -0.1) is 0 Å². The topological polar surface area (TPSA) is 157 Å². The largest absolute Gasteiger partial charge is 0.472 e. The molecule has 1 saturated heterocycles. The van der Waals surface area contributed by atoms with Gasteiger partial charge in [-0.2, -0.15) is 0 Å². The van der Waals surface area contributed by atoms with Crippen molar-refractivity contribution in [3.8, 4) is 0 Å². The molecule has 0 bridgehead atoms. The van der Waals surface area contributed by atoms with Crippen LogP contribution in [0.4, 0.5) is 0 Å². The Morgan fingerprint density at radius 1 is 1.12 bits per heavy atom. The summed E-state index contributed by atoms with van der Waals surface area (Å²) in [6.45, 7) is -0.702. The molecule has 0 saturated carbocycles. The molecule has 10 heteroatoms. The van der Waals surface area contributed by atoms with E-state index in [0.717, 1.165) is 0 Å². The second kappa shape index (κ2) is 5.05. The van der Waals surface area contributed by atoms with Crippen LogP contribution in [0.25, 0.3) is 0 Å². The van der Waals surface area contributed by atoms with Crippen molar-refractivity contribution >= 4 is 7.82 Å². The van der Waals surface area contributed by atoms with Crippen molar-refractivity contribution < 1.29 is 44.0 Å². The summed E-state index contributed by atoms with van der Waals surface area (Å²) in [6.07, 6.45) is -8.25. The SMILES string of the molecule is O=P(O)(O)O[C@@H]1O[C@H](CO)[C@@H](O)[C@@H](O)[C@@H]1O. The zero-order chi connectivity index (χ0) is 12.5. The highest BCUT2D eigenvalue weighted by Gasteiger charge is 2.46. The average molecular weight is 260 g/mol. The van der Waals surface area contributed by atoms with Crippen LogP contribution in [0.3, 0.4) is 0 Å². The monoisotopic (exact) mass is 260 g/mol. The van der Waals surface area contributed by atoms with Crippen molar-refractivity contribution in [1.29, 1.82) is 0 Å². The molecule has 0 radical (unpaired) electrons. The lowest BCUT2D eigenvalue weighted by molar-refractivity contribution is -0.280. The minimum absolute atomic E-state index is 0.702. The highest BCUT2D eigenvalue weighted by molar-refractivity contribution is 7.46. The predicted molar refractivity (Wildman–Crippen MR) is 46.9 cm³/mol. The van der Waals surface area contributed by atoms with Crippen molar-refractivity contribution in [3.63, 3.8) is 0 Å². The van der Waals surface area contributed by atoms with Crippen molar-refractivity contribution in [3.05, 3.63) is 0 Å². The molecule has 1 heterocycles. The maximum absolute atomic E-state index is 10.5. The molecule has 0 aromatic carbocycles. The molecule has 1 aliphatic heterocycles. The van der Waals surface area contributed by atoms with Crippen molar-refractivity contribution in [2.75, 3.05) is 6.61 Å². The van der Waals surface area contributed by atoms with Gasteiger partial charge in [0.15, 0.2) is 6.29 Å². The van der Waals surface area contributed by atoms with E-state index in [-0.39, 0.29) is 0 Å². The predicted octanol–water partition coefficient (Wildman–Crippen LogP) is -3.10. The smallest absolute Gasteiger partial charge is 0.394 e. The van der Waals surface area contributed by atoms with Gasteiger partial charge in [-0.05, 0) is 0 Å². The lowest BCUT2D eigenvalue weighted by Gasteiger charge is -2.39. The highest BCUT2D eigenvalue weighted by atomic mass is 31.2. The van der Waals surface area contributed by atoms with Gasteiger partial charge in [0.25, 0.3) is 0 Å². The zero-order valence-corrected chi connectivity index (χ0v) is 8.84. The summed E-state index contributed by atoms with van der Waals surface area (Å²) in [6, 6.07) is 0. The molecule has 0 aromatic rings. The second-order valence-electron chi connectivity index (χ2n) is 3.29. The van der Waals surface area contributed by atoms with E-state index in [0.29, 0.717) is 0 Å². The van der Waals surface area contributed by atoms with Crippen molar-refractivity contribution in [2.24, 2.45) is 0 Å². The zero-order valence-electron chi connectivity index (χ0n) is 7.95. The van der Waals surface area contributed by atoms with Crippen LogP contribution in [0.1, 0.15) is 0 Å². The highest BCUT2D eigenvalue weighted by Crippen LogP contribution is 2.40. The number of phosphoric ester groups is 1. The number of hydrogen-bond acceptors (Lipinski definition) is 7. The molecule has 9 nitrogen and oxygen atoms in total.